The van der Waals surface area contributed by atoms with Gasteiger partial charge >= 0.3 is 0 Å². The fraction of sp³-hybridized carbons (Fsp3) is 0.643. The van der Waals surface area contributed by atoms with Crippen LogP contribution in [-0.2, 0) is 0 Å². The molecule has 0 amide bonds. The van der Waals surface area contributed by atoms with E-state index in [2.05, 4.69) is 18.2 Å². The first-order chi connectivity index (χ1) is 7.72. The van der Waals surface area contributed by atoms with Gasteiger partial charge < -0.3 is 4.52 Å². The van der Waals surface area contributed by atoms with E-state index in [1.54, 1.807) is 0 Å². The molecule has 0 radical (unpaired) electrons. The Morgan fingerprint density at radius 2 is 2.25 bits per heavy atom. The smallest absolute Gasteiger partial charge is 0.141 e. The largest absolute Gasteiger partial charge is 0.361 e. The van der Waals surface area contributed by atoms with Crippen molar-refractivity contribution >= 4 is 5.57 Å². The summed E-state index contributed by atoms with van der Waals surface area (Å²) in [6.45, 7) is 6.31. The van der Waals surface area contributed by atoms with Crippen LogP contribution in [0.25, 0.3) is 5.57 Å². The third kappa shape index (κ3) is 2.21. The van der Waals surface area contributed by atoms with Gasteiger partial charge in [0, 0.05) is 5.56 Å². The summed E-state index contributed by atoms with van der Waals surface area (Å²) in [5.41, 5.74) is 3.77. The fourth-order valence-electron chi connectivity index (χ4n) is 2.75. The maximum atomic E-state index is 5.25. The highest BCUT2D eigenvalue weighted by Crippen LogP contribution is 2.34. The first kappa shape index (κ1) is 11.4. The van der Waals surface area contributed by atoms with Gasteiger partial charge in [-0.2, -0.15) is 0 Å². The van der Waals surface area contributed by atoms with E-state index in [0.717, 1.165) is 17.4 Å². The summed E-state index contributed by atoms with van der Waals surface area (Å²) in [7, 11) is 0. The van der Waals surface area contributed by atoms with Crippen LogP contribution in [-0.4, -0.2) is 5.16 Å². The van der Waals surface area contributed by atoms with Crippen molar-refractivity contribution in [2.45, 2.75) is 52.9 Å². The zero-order valence-corrected chi connectivity index (χ0v) is 10.5. The van der Waals surface area contributed by atoms with Gasteiger partial charge in [0.2, 0.25) is 0 Å². The second kappa shape index (κ2) is 4.86. The van der Waals surface area contributed by atoms with Crippen LogP contribution in [0.15, 0.2) is 10.6 Å². The van der Waals surface area contributed by atoms with Crippen molar-refractivity contribution in [1.82, 2.24) is 5.16 Å². The molecular formula is C14H21NO. The summed E-state index contributed by atoms with van der Waals surface area (Å²) < 4.78 is 5.25. The van der Waals surface area contributed by atoms with Crippen molar-refractivity contribution in [1.29, 1.82) is 0 Å². The first-order valence-corrected chi connectivity index (χ1v) is 6.36. The lowest BCUT2D eigenvalue weighted by molar-refractivity contribution is 0.393. The predicted molar refractivity (Wildman–Crippen MR) is 66.2 cm³/mol. The quantitative estimate of drug-likeness (QED) is 0.758. The molecule has 0 aliphatic heterocycles. The summed E-state index contributed by atoms with van der Waals surface area (Å²) in [4.78, 5) is 0. The Morgan fingerprint density at radius 1 is 1.44 bits per heavy atom. The van der Waals surface area contributed by atoms with Gasteiger partial charge in [0.15, 0.2) is 0 Å². The SMILES string of the molecule is CCCC1C=C(c2c(C)noc2C)CCC1. The Kier molecular flexibility index (Phi) is 3.47. The van der Waals surface area contributed by atoms with Crippen molar-refractivity contribution < 1.29 is 4.52 Å². The van der Waals surface area contributed by atoms with Crippen molar-refractivity contribution in [3.05, 3.63) is 23.1 Å². The van der Waals surface area contributed by atoms with Crippen LogP contribution in [0.4, 0.5) is 0 Å². The summed E-state index contributed by atoms with van der Waals surface area (Å²) in [6, 6.07) is 0. The summed E-state index contributed by atoms with van der Waals surface area (Å²) in [6.07, 6.45) is 8.88. The fourth-order valence-corrected chi connectivity index (χ4v) is 2.75. The number of rotatable bonds is 3. The Morgan fingerprint density at radius 3 is 2.88 bits per heavy atom. The molecule has 1 aliphatic rings. The molecule has 88 valence electrons. The van der Waals surface area contributed by atoms with E-state index in [1.165, 1.54) is 43.2 Å². The lowest BCUT2D eigenvalue weighted by atomic mass is 9.84. The molecule has 0 bridgehead atoms. The lowest BCUT2D eigenvalue weighted by Gasteiger charge is -2.20. The molecule has 0 aromatic carbocycles. The Bertz CT molecular complexity index is 370. The summed E-state index contributed by atoms with van der Waals surface area (Å²) in [5.74, 6) is 1.74. The maximum Gasteiger partial charge on any atom is 0.141 e. The normalized spacial score (nSPS) is 20.9. The zero-order valence-electron chi connectivity index (χ0n) is 10.5. The van der Waals surface area contributed by atoms with E-state index in [0.29, 0.717) is 0 Å². The van der Waals surface area contributed by atoms with Crippen LogP contribution in [0.5, 0.6) is 0 Å². The number of aryl methyl sites for hydroxylation is 2. The summed E-state index contributed by atoms with van der Waals surface area (Å²) in [5, 5.41) is 4.05. The van der Waals surface area contributed by atoms with Crippen molar-refractivity contribution in [2.75, 3.05) is 0 Å². The first-order valence-electron chi connectivity index (χ1n) is 6.36. The highest BCUT2D eigenvalue weighted by atomic mass is 16.5. The molecule has 0 spiro atoms. The van der Waals surface area contributed by atoms with Crippen LogP contribution in [0, 0.1) is 19.8 Å². The van der Waals surface area contributed by atoms with Gasteiger partial charge in [0.1, 0.15) is 5.76 Å². The van der Waals surface area contributed by atoms with Gasteiger partial charge in [-0.25, -0.2) is 0 Å². The van der Waals surface area contributed by atoms with E-state index in [1.807, 2.05) is 13.8 Å². The van der Waals surface area contributed by atoms with Crippen LogP contribution >= 0.6 is 0 Å². The zero-order chi connectivity index (χ0) is 11.5. The minimum atomic E-state index is 0.766. The molecule has 1 aromatic rings. The van der Waals surface area contributed by atoms with E-state index in [4.69, 9.17) is 4.52 Å². The van der Waals surface area contributed by atoms with E-state index in [9.17, 15) is 0 Å². The Balaban J connectivity index is 2.26. The second-order valence-corrected chi connectivity index (χ2v) is 4.83. The number of hydrogen-bond acceptors (Lipinski definition) is 2. The standard InChI is InChI=1S/C14H21NO/c1-4-6-12-7-5-8-13(9-12)14-10(2)15-16-11(14)3/h9,12H,4-8H2,1-3H3. The van der Waals surface area contributed by atoms with E-state index >= 15 is 0 Å². The van der Waals surface area contributed by atoms with Crippen molar-refractivity contribution in [3.8, 4) is 0 Å². The van der Waals surface area contributed by atoms with Gasteiger partial charge in [0.25, 0.3) is 0 Å². The Labute approximate surface area is 97.7 Å². The van der Waals surface area contributed by atoms with Crippen LogP contribution in [0.1, 0.15) is 56.0 Å². The number of allylic oxidation sites excluding steroid dienone is 2. The molecule has 0 fully saturated rings. The molecule has 1 aromatic heterocycles. The highest BCUT2D eigenvalue weighted by molar-refractivity contribution is 5.69. The summed E-state index contributed by atoms with van der Waals surface area (Å²) >= 11 is 0. The van der Waals surface area contributed by atoms with Gasteiger partial charge in [0.05, 0.1) is 5.69 Å². The molecule has 0 saturated heterocycles. The van der Waals surface area contributed by atoms with E-state index in [-0.39, 0.29) is 0 Å². The lowest BCUT2D eigenvalue weighted by Crippen LogP contribution is -2.04. The monoisotopic (exact) mass is 219 g/mol. The third-order valence-corrected chi connectivity index (χ3v) is 3.47. The van der Waals surface area contributed by atoms with Gasteiger partial charge in [-0.3, -0.25) is 0 Å². The van der Waals surface area contributed by atoms with Crippen LogP contribution < -0.4 is 0 Å². The minimum Gasteiger partial charge on any atom is -0.361 e. The van der Waals surface area contributed by atoms with Gasteiger partial charge in [-0.05, 0) is 51.0 Å². The molecule has 0 N–H and O–H groups in total. The highest BCUT2D eigenvalue weighted by Gasteiger charge is 2.19. The molecule has 16 heavy (non-hydrogen) atoms. The maximum absolute atomic E-state index is 5.25. The second-order valence-electron chi connectivity index (χ2n) is 4.83. The molecule has 1 heterocycles. The number of hydrogen-bond donors (Lipinski definition) is 0. The molecular weight excluding hydrogens is 198 g/mol. The molecule has 2 heteroatoms. The van der Waals surface area contributed by atoms with Gasteiger partial charge in [-0.15, -0.1) is 0 Å². The third-order valence-electron chi connectivity index (χ3n) is 3.47. The van der Waals surface area contributed by atoms with Crippen molar-refractivity contribution in [2.24, 2.45) is 5.92 Å². The van der Waals surface area contributed by atoms with Crippen LogP contribution in [0.2, 0.25) is 0 Å². The minimum absolute atomic E-state index is 0.766. The van der Waals surface area contributed by atoms with E-state index < -0.39 is 0 Å². The van der Waals surface area contributed by atoms with Gasteiger partial charge in [-0.1, -0.05) is 24.6 Å². The number of aromatic nitrogens is 1. The number of nitrogens with zero attached hydrogens (tertiary/aromatic N) is 1. The average molecular weight is 219 g/mol. The topological polar surface area (TPSA) is 26.0 Å². The Hall–Kier alpha value is -1.05. The molecule has 1 aliphatic carbocycles. The molecule has 2 nitrogen and oxygen atoms in total. The average Bonchev–Trinajstić information content (AvgIpc) is 2.59. The molecule has 1 atom stereocenters. The van der Waals surface area contributed by atoms with Crippen LogP contribution in [0.3, 0.4) is 0 Å². The molecule has 1 unspecified atom stereocenters. The van der Waals surface area contributed by atoms with Crippen molar-refractivity contribution in [3.63, 3.8) is 0 Å². The molecule has 2 rings (SSSR count). The molecule has 0 saturated carbocycles. The predicted octanol–water partition coefficient (Wildman–Crippen LogP) is 4.28.